The van der Waals surface area contributed by atoms with Gasteiger partial charge in [0.2, 0.25) is 11.8 Å². The van der Waals surface area contributed by atoms with Crippen molar-refractivity contribution in [3.8, 4) is 0 Å². The predicted molar refractivity (Wildman–Crippen MR) is 119 cm³/mol. The van der Waals surface area contributed by atoms with Crippen molar-refractivity contribution < 1.29 is 14.7 Å². The fraction of sp³-hybridized carbons (Fsp3) is 0.727. The largest absolute Gasteiger partial charge is 0.391 e. The molecule has 1 aliphatic heterocycles. The quantitative estimate of drug-likeness (QED) is 0.553. The first kappa shape index (κ1) is 23.3. The molecule has 3 heterocycles. The highest BCUT2D eigenvalue weighted by atomic mass is 16.3. The van der Waals surface area contributed by atoms with Crippen molar-refractivity contribution in [2.24, 2.45) is 12.5 Å². The van der Waals surface area contributed by atoms with Crippen LogP contribution in [0.15, 0.2) is 12.4 Å². The van der Waals surface area contributed by atoms with Crippen molar-refractivity contribution in [3.63, 3.8) is 0 Å². The molecular weight excluding hydrogens is 424 g/mol. The number of aliphatic hydroxyl groups excluding tert-OH is 1. The van der Waals surface area contributed by atoms with E-state index in [-0.39, 0.29) is 24.8 Å². The molecule has 180 valence electrons. The van der Waals surface area contributed by atoms with Crippen LogP contribution < -0.4 is 5.32 Å². The highest BCUT2D eigenvalue weighted by Crippen LogP contribution is 2.40. The summed E-state index contributed by atoms with van der Waals surface area (Å²) in [6, 6.07) is -1.32. The zero-order valence-electron chi connectivity index (χ0n) is 19.8. The minimum atomic E-state index is -0.734. The Kier molecular flexibility index (Phi) is 6.51. The van der Waals surface area contributed by atoms with Crippen LogP contribution in [0.5, 0.6) is 0 Å². The van der Waals surface area contributed by atoms with Crippen molar-refractivity contribution in [1.29, 1.82) is 0 Å². The highest BCUT2D eigenvalue weighted by molar-refractivity contribution is 5.90. The third kappa shape index (κ3) is 5.40. The maximum atomic E-state index is 13.7. The van der Waals surface area contributed by atoms with Crippen LogP contribution in [0, 0.1) is 5.41 Å². The second-order valence-electron chi connectivity index (χ2n) is 10.3. The van der Waals surface area contributed by atoms with Gasteiger partial charge in [0.05, 0.1) is 23.7 Å². The van der Waals surface area contributed by atoms with E-state index in [0.717, 1.165) is 24.2 Å². The Morgan fingerprint density at radius 3 is 2.70 bits per heavy atom. The lowest BCUT2D eigenvalue weighted by atomic mass is 9.85. The zero-order valence-corrected chi connectivity index (χ0v) is 19.8. The van der Waals surface area contributed by atoms with Gasteiger partial charge in [-0.15, -0.1) is 5.10 Å². The Balaban J connectivity index is 1.41. The van der Waals surface area contributed by atoms with Gasteiger partial charge in [0, 0.05) is 38.7 Å². The summed E-state index contributed by atoms with van der Waals surface area (Å²) >= 11 is 0. The van der Waals surface area contributed by atoms with Crippen LogP contribution in [-0.2, 0) is 23.1 Å². The SMILES string of the molecule is Cn1ncc(CCCNC(=O)[C@@H]2C[C@@H](O)CN2C(=O)[C@@H](n2cc(C3CC3)nn2)C(C)(C)C)n1. The molecular formula is C22H34N8O3. The Hall–Kier alpha value is -2.82. The number of aliphatic hydroxyl groups is 1. The van der Waals surface area contributed by atoms with E-state index < -0.39 is 23.6 Å². The molecule has 2 aliphatic rings. The van der Waals surface area contributed by atoms with E-state index in [9.17, 15) is 14.7 Å². The normalized spacial score (nSPS) is 21.9. The van der Waals surface area contributed by atoms with Crippen LogP contribution in [0.25, 0.3) is 0 Å². The molecule has 11 nitrogen and oxygen atoms in total. The van der Waals surface area contributed by atoms with Crippen molar-refractivity contribution in [1.82, 2.24) is 40.2 Å². The predicted octanol–water partition coefficient (Wildman–Crippen LogP) is 0.582. The van der Waals surface area contributed by atoms with Gasteiger partial charge in [-0.2, -0.15) is 15.0 Å². The van der Waals surface area contributed by atoms with Crippen molar-refractivity contribution in [2.45, 2.75) is 77.0 Å². The Bertz CT molecular complexity index is 990. The molecule has 2 N–H and O–H groups in total. The van der Waals surface area contributed by atoms with Crippen molar-refractivity contribution >= 4 is 11.8 Å². The van der Waals surface area contributed by atoms with Crippen molar-refractivity contribution in [3.05, 3.63) is 23.8 Å². The number of carbonyl (C=O) groups excluding carboxylic acids is 2. The average molecular weight is 459 g/mol. The molecule has 2 fully saturated rings. The van der Waals surface area contributed by atoms with E-state index in [2.05, 4.69) is 25.8 Å². The van der Waals surface area contributed by atoms with E-state index in [4.69, 9.17) is 0 Å². The molecule has 1 aliphatic carbocycles. The summed E-state index contributed by atoms with van der Waals surface area (Å²) in [5.74, 6) is -0.0292. The third-order valence-electron chi connectivity index (χ3n) is 6.26. The molecule has 0 bridgehead atoms. The van der Waals surface area contributed by atoms with E-state index in [0.29, 0.717) is 25.3 Å². The van der Waals surface area contributed by atoms with Gasteiger partial charge in [-0.1, -0.05) is 26.0 Å². The van der Waals surface area contributed by atoms with E-state index in [1.54, 1.807) is 17.9 Å². The van der Waals surface area contributed by atoms with Crippen LogP contribution in [0.3, 0.4) is 0 Å². The lowest BCUT2D eigenvalue weighted by Crippen LogP contribution is -2.50. The average Bonchev–Trinajstić information content (AvgIpc) is 3.13. The monoisotopic (exact) mass is 458 g/mol. The van der Waals surface area contributed by atoms with Gasteiger partial charge in [-0.25, -0.2) is 4.68 Å². The molecule has 1 saturated heterocycles. The standard InChI is InChI=1S/C22H34N8O3/c1-22(2,3)19(30-13-17(25-27-30)14-7-8-14)21(33)29-12-16(31)10-18(29)20(32)23-9-5-6-15-11-24-28(4)26-15/h11,13-14,16,18-19,31H,5-10,12H2,1-4H3,(H,23,32)/t16-,18+,19-/m1/s1. The van der Waals surface area contributed by atoms with Gasteiger partial charge in [0.15, 0.2) is 0 Å². The van der Waals surface area contributed by atoms with Gasteiger partial charge in [0.25, 0.3) is 0 Å². The second kappa shape index (κ2) is 9.20. The number of nitrogens with zero attached hydrogens (tertiary/aromatic N) is 7. The number of β-amino-alcohol motifs (C(OH)–C–C–N with tert-alkyl or cyclic N) is 1. The number of likely N-dealkylation sites (tertiary alicyclic amines) is 1. The summed E-state index contributed by atoms with van der Waals surface area (Å²) in [5, 5.41) is 30.0. The fourth-order valence-corrected chi connectivity index (χ4v) is 4.43. The van der Waals surface area contributed by atoms with E-state index in [1.165, 1.54) is 9.70 Å². The van der Waals surface area contributed by atoms with Crippen LogP contribution in [0.4, 0.5) is 0 Å². The molecule has 2 amide bonds. The van der Waals surface area contributed by atoms with E-state index in [1.807, 2.05) is 27.0 Å². The molecule has 11 heteroatoms. The lowest BCUT2D eigenvalue weighted by molar-refractivity contribution is -0.144. The number of aromatic nitrogens is 6. The second-order valence-corrected chi connectivity index (χ2v) is 10.3. The Labute approximate surface area is 193 Å². The summed E-state index contributed by atoms with van der Waals surface area (Å²) in [4.78, 5) is 29.7. The molecule has 0 radical (unpaired) electrons. The Morgan fingerprint density at radius 1 is 1.30 bits per heavy atom. The van der Waals surface area contributed by atoms with Gasteiger partial charge in [-0.3, -0.25) is 9.59 Å². The first-order chi connectivity index (χ1) is 15.6. The first-order valence-electron chi connectivity index (χ1n) is 11.7. The number of rotatable bonds is 8. The smallest absolute Gasteiger partial charge is 0.248 e. The van der Waals surface area contributed by atoms with Crippen LogP contribution in [0.2, 0.25) is 0 Å². The third-order valence-corrected chi connectivity index (χ3v) is 6.26. The number of amides is 2. The molecule has 3 atom stereocenters. The van der Waals surface area contributed by atoms with Crippen LogP contribution in [0.1, 0.15) is 69.8 Å². The van der Waals surface area contributed by atoms with Crippen LogP contribution >= 0.6 is 0 Å². The number of nitrogens with one attached hydrogen (secondary N) is 1. The van der Waals surface area contributed by atoms with Gasteiger partial charge >= 0.3 is 0 Å². The summed E-state index contributed by atoms with van der Waals surface area (Å²) in [6.07, 6.45) is 6.67. The molecule has 2 aromatic rings. The minimum Gasteiger partial charge on any atom is -0.391 e. The topological polar surface area (TPSA) is 131 Å². The molecule has 1 saturated carbocycles. The molecule has 33 heavy (non-hydrogen) atoms. The number of hydrogen-bond donors (Lipinski definition) is 2. The summed E-state index contributed by atoms with van der Waals surface area (Å²) in [5.41, 5.74) is 1.33. The fourth-order valence-electron chi connectivity index (χ4n) is 4.43. The van der Waals surface area contributed by atoms with Gasteiger partial charge < -0.3 is 15.3 Å². The molecule has 4 rings (SSSR count). The zero-order chi connectivity index (χ0) is 23.8. The van der Waals surface area contributed by atoms with E-state index >= 15 is 0 Å². The number of carbonyl (C=O) groups is 2. The Morgan fingerprint density at radius 2 is 2.06 bits per heavy atom. The maximum Gasteiger partial charge on any atom is 0.248 e. The van der Waals surface area contributed by atoms with Crippen LogP contribution in [-0.4, -0.2) is 77.0 Å². The minimum absolute atomic E-state index is 0.132. The highest BCUT2D eigenvalue weighted by Gasteiger charge is 2.45. The molecule has 2 aromatic heterocycles. The molecule has 0 aromatic carbocycles. The summed E-state index contributed by atoms with van der Waals surface area (Å²) < 4.78 is 1.64. The summed E-state index contributed by atoms with van der Waals surface area (Å²) in [7, 11) is 1.76. The summed E-state index contributed by atoms with van der Waals surface area (Å²) in [6.45, 7) is 6.51. The first-order valence-corrected chi connectivity index (χ1v) is 11.7. The van der Waals surface area contributed by atoms with Gasteiger partial charge in [-0.05, 0) is 31.1 Å². The maximum absolute atomic E-state index is 13.7. The number of aryl methyl sites for hydroxylation is 2. The number of hydrogen-bond acceptors (Lipinski definition) is 7. The van der Waals surface area contributed by atoms with Gasteiger partial charge in [0.1, 0.15) is 12.1 Å². The molecule has 0 unspecified atom stereocenters. The molecule has 0 spiro atoms. The lowest BCUT2D eigenvalue weighted by Gasteiger charge is -2.34. The van der Waals surface area contributed by atoms with Crippen molar-refractivity contribution in [2.75, 3.05) is 13.1 Å².